The predicted molar refractivity (Wildman–Crippen MR) is 94.7 cm³/mol. The summed E-state index contributed by atoms with van der Waals surface area (Å²) in [5, 5.41) is 0.313. The lowest BCUT2D eigenvalue weighted by Gasteiger charge is -2.17. The zero-order valence-electron chi connectivity index (χ0n) is 11.4. The first-order valence-electron chi connectivity index (χ1n) is 6.85. The van der Waals surface area contributed by atoms with Gasteiger partial charge in [-0.1, -0.05) is 76.6 Å². The van der Waals surface area contributed by atoms with E-state index in [2.05, 4.69) is 101 Å². The molecule has 0 bridgehead atoms. The van der Waals surface area contributed by atoms with Crippen LogP contribution in [0.1, 0.15) is 16.4 Å². The summed E-state index contributed by atoms with van der Waals surface area (Å²) in [6, 6.07) is 29.8. The van der Waals surface area contributed by atoms with Crippen molar-refractivity contribution in [1.82, 2.24) is 0 Å². The highest BCUT2D eigenvalue weighted by Crippen LogP contribution is 2.40. The molecule has 0 saturated heterocycles. The van der Waals surface area contributed by atoms with Gasteiger partial charge in [0.05, 0.1) is 5.25 Å². The number of hydrogen-bond donors (Lipinski definition) is 0. The van der Waals surface area contributed by atoms with E-state index in [1.54, 1.807) is 0 Å². The van der Waals surface area contributed by atoms with Crippen LogP contribution in [0.5, 0.6) is 0 Å². The predicted octanol–water partition coefficient (Wildman–Crippen LogP) is 6.33. The Kier molecular flexibility index (Phi) is 4.79. The normalized spacial score (nSPS) is 10.8. The van der Waals surface area contributed by atoms with Crippen LogP contribution in [-0.2, 0) is 0 Å². The molecule has 0 saturated carbocycles. The maximum absolute atomic E-state index is 3.49. The molecular formula is C19H15BrS. The Hall–Kier alpha value is -1.51. The molecule has 0 aromatic heterocycles. The summed E-state index contributed by atoms with van der Waals surface area (Å²) in [6.07, 6.45) is 0. The number of benzene rings is 3. The van der Waals surface area contributed by atoms with Gasteiger partial charge in [-0.05, 0) is 35.4 Å². The summed E-state index contributed by atoms with van der Waals surface area (Å²) in [6.45, 7) is 0. The van der Waals surface area contributed by atoms with Crippen LogP contribution in [0.2, 0.25) is 0 Å². The molecule has 0 unspecified atom stereocenters. The van der Waals surface area contributed by atoms with Crippen LogP contribution >= 0.6 is 27.7 Å². The Bertz CT molecular complexity index is 638. The summed E-state index contributed by atoms with van der Waals surface area (Å²) in [4.78, 5) is 1.27. The van der Waals surface area contributed by atoms with Crippen LogP contribution in [0.25, 0.3) is 0 Å². The molecule has 104 valence electrons. The van der Waals surface area contributed by atoms with Crippen molar-refractivity contribution in [1.29, 1.82) is 0 Å². The molecule has 21 heavy (non-hydrogen) atoms. The van der Waals surface area contributed by atoms with Crippen molar-refractivity contribution in [2.24, 2.45) is 0 Å². The van der Waals surface area contributed by atoms with E-state index in [-0.39, 0.29) is 0 Å². The Morgan fingerprint density at radius 3 is 1.57 bits per heavy atom. The van der Waals surface area contributed by atoms with Gasteiger partial charge in [-0.15, -0.1) is 11.8 Å². The molecule has 0 fully saturated rings. The average Bonchev–Trinajstić information content (AvgIpc) is 2.56. The first kappa shape index (κ1) is 14.4. The van der Waals surface area contributed by atoms with Gasteiger partial charge in [0.2, 0.25) is 0 Å². The SMILES string of the molecule is Brc1ccc(SC(c2ccccc2)c2ccccc2)cc1. The molecule has 0 radical (unpaired) electrons. The third-order valence-corrected chi connectivity index (χ3v) is 5.13. The van der Waals surface area contributed by atoms with E-state index in [4.69, 9.17) is 0 Å². The third-order valence-electron chi connectivity index (χ3n) is 3.27. The lowest BCUT2D eigenvalue weighted by molar-refractivity contribution is 1.15. The molecule has 0 amide bonds. The van der Waals surface area contributed by atoms with E-state index < -0.39 is 0 Å². The number of hydrogen-bond acceptors (Lipinski definition) is 1. The fourth-order valence-corrected chi connectivity index (χ4v) is 3.65. The summed E-state index contributed by atoms with van der Waals surface area (Å²) in [5.74, 6) is 0. The Morgan fingerprint density at radius 1 is 0.619 bits per heavy atom. The summed E-state index contributed by atoms with van der Waals surface area (Å²) in [7, 11) is 0. The van der Waals surface area contributed by atoms with Gasteiger partial charge in [0.1, 0.15) is 0 Å². The van der Waals surface area contributed by atoms with Gasteiger partial charge in [-0.2, -0.15) is 0 Å². The van der Waals surface area contributed by atoms with Gasteiger partial charge in [-0.3, -0.25) is 0 Å². The molecule has 0 spiro atoms. The van der Waals surface area contributed by atoms with Gasteiger partial charge in [0, 0.05) is 9.37 Å². The van der Waals surface area contributed by atoms with E-state index >= 15 is 0 Å². The Morgan fingerprint density at radius 2 is 1.10 bits per heavy atom. The second-order valence-corrected chi connectivity index (χ2v) is 6.87. The molecule has 0 aliphatic heterocycles. The molecule has 0 aliphatic carbocycles. The van der Waals surface area contributed by atoms with Gasteiger partial charge in [0.25, 0.3) is 0 Å². The minimum absolute atomic E-state index is 0.313. The van der Waals surface area contributed by atoms with Crippen LogP contribution in [-0.4, -0.2) is 0 Å². The van der Waals surface area contributed by atoms with Crippen molar-refractivity contribution in [3.63, 3.8) is 0 Å². The molecule has 0 heterocycles. The van der Waals surface area contributed by atoms with Crippen molar-refractivity contribution in [2.45, 2.75) is 10.1 Å². The first-order valence-corrected chi connectivity index (χ1v) is 8.52. The maximum atomic E-state index is 3.49. The second-order valence-electron chi connectivity index (χ2n) is 4.77. The lowest BCUT2D eigenvalue weighted by atomic mass is 10.0. The highest BCUT2D eigenvalue weighted by molar-refractivity contribution is 9.10. The van der Waals surface area contributed by atoms with E-state index in [9.17, 15) is 0 Å². The van der Waals surface area contributed by atoms with Crippen LogP contribution < -0.4 is 0 Å². The van der Waals surface area contributed by atoms with Gasteiger partial charge in [-0.25, -0.2) is 0 Å². The van der Waals surface area contributed by atoms with E-state index in [0.717, 1.165) is 4.47 Å². The van der Waals surface area contributed by atoms with Crippen molar-refractivity contribution in [3.05, 3.63) is 101 Å². The minimum Gasteiger partial charge on any atom is -0.113 e. The quantitative estimate of drug-likeness (QED) is 0.493. The smallest absolute Gasteiger partial charge is 0.0593 e. The second kappa shape index (κ2) is 6.97. The molecule has 3 rings (SSSR count). The van der Waals surface area contributed by atoms with Crippen molar-refractivity contribution in [3.8, 4) is 0 Å². The number of thioether (sulfide) groups is 1. The van der Waals surface area contributed by atoms with Gasteiger partial charge in [0.15, 0.2) is 0 Å². The highest BCUT2D eigenvalue weighted by atomic mass is 79.9. The van der Waals surface area contributed by atoms with Gasteiger partial charge >= 0.3 is 0 Å². The van der Waals surface area contributed by atoms with Crippen molar-refractivity contribution in [2.75, 3.05) is 0 Å². The minimum atomic E-state index is 0.313. The molecular weight excluding hydrogens is 340 g/mol. The molecule has 0 aliphatic rings. The Balaban J connectivity index is 1.95. The van der Waals surface area contributed by atoms with Crippen LogP contribution in [0.3, 0.4) is 0 Å². The van der Waals surface area contributed by atoms with Crippen molar-refractivity contribution >= 4 is 27.7 Å². The van der Waals surface area contributed by atoms with Crippen LogP contribution in [0.15, 0.2) is 94.3 Å². The summed E-state index contributed by atoms with van der Waals surface area (Å²) in [5.41, 5.74) is 2.66. The number of halogens is 1. The van der Waals surface area contributed by atoms with Crippen molar-refractivity contribution < 1.29 is 0 Å². The lowest BCUT2D eigenvalue weighted by Crippen LogP contribution is -1.96. The fraction of sp³-hybridized carbons (Fsp3) is 0.0526. The van der Waals surface area contributed by atoms with E-state index in [1.165, 1.54) is 16.0 Å². The highest BCUT2D eigenvalue weighted by Gasteiger charge is 2.15. The molecule has 0 atom stereocenters. The van der Waals surface area contributed by atoms with Gasteiger partial charge < -0.3 is 0 Å². The topological polar surface area (TPSA) is 0 Å². The molecule has 2 heteroatoms. The molecule has 0 N–H and O–H groups in total. The Labute approximate surface area is 138 Å². The van der Waals surface area contributed by atoms with Crippen LogP contribution in [0.4, 0.5) is 0 Å². The first-order chi connectivity index (χ1) is 10.3. The fourth-order valence-electron chi connectivity index (χ4n) is 2.23. The van der Waals surface area contributed by atoms with Crippen LogP contribution in [0, 0.1) is 0 Å². The molecule has 3 aromatic rings. The monoisotopic (exact) mass is 354 g/mol. The summed E-state index contributed by atoms with van der Waals surface area (Å²) >= 11 is 5.38. The largest absolute Gasteiger partial charge is 0.113 e. The zero-order chi connectivity index (χ0) is 14.5. The third kappa shape index (κ3) is 3.78. The van der Waals surface area contributed by atoms with E-state index in [1.807, 2.05) is 11.8 Å². The standard InChI is InChI=1S/C19H15BrS/c20-17-11-13-18(14-12-17)21-19(15-7-3-1-4-8-15)16-9-5-2-6-10-16/h1-14,19H. The number of rotatable bonds is 4. The maximum Gasteiger partial charge on any atom is 0.0593 e. The summed E-state index contributed by atoms with van der Waals surface area (Å²) < 4.78 is 1.11. The molecule has 3 aromatic carbocycles. The van der Waals surface area contributed by atoms with E-state index in [0.29, 0.717) is 5.25 Å². The zero-order valence-corrected chi connectivity index (χ0v) is 13.8. The average molecular weight is 355 g/mol. The molecule has 0 nitrogen and oxygen atoms in total.